The molecule has 1 atom stereocenters. The summed E-state index contributed by atoms with van der Waals surface area (Å²) in [6, 6.07) is 11.5. The molecule has 2 rings (SSSR count). The van der Waals surface area contributed by atoms with Gasteiger partial charge in [0.2, 0.25) is 21.8 Å². The molecule has 0 fully saturated rings. The third-order valence-corrected chi connectivity index (χ3v) is 6.95. The summed E-state index contributed by atoms with van der Waals surface area (Å²) in [7, 11) is -1.03. The van der Waals surface area contributed by atoms with Gasteiger partial charge in [0, 0.05) is 18.2 Å². The number of ether oxygens (including phenoxy) is 2. The number of aryl methyl sites for hydroxylation is 1. The first kappa shape index (κ1) is 30.0. The van der Waals surface area contributed by atoms with E-state index in [2.05, 4.69) is 5.32 Å². The van der Waals surface area contributed by atoms with E-state index in [-0.39, 0.29) is 23.9 Å². The van der Waals surface area contributed by atoms with Crippen LogP contribution in [0, 0.1) is 6.92 Å². The van der Waals surface area contributed by atoms with Gasteiger partial charge in [0.05, 0.1) is 26.2 Å². The Morgan fingerprint density at radius 3 is 2.22 bits per heavy atom. The van der Waals surface area contributed by atoms with E-state index in [1.807, 2.05) is 58.9 Å². The van der Waals surface area contributed by atoms with Crippen molar-refractivity contribution in [1.29, 1.82) is 0 Å². The Balaban J connectivity index is 2.56. The summed E-state index contributed by atoms with van der Waals surface area (Å²) < 4.78 is 37.5. The smallest absolute Gasteiger partial charge is 0.244 e. The van der Waals surface area contributed by atoms with Gasteiger partial charge in [0.15, 0.2) is 0 Å². The normalized spacial score (nSPS) is 12.4. The lowest BCUT2D eigenvalue weighted by Gasteiger charge is -2.35. The average molecular weight is 534 g/mol. The summed E-state index contributed by atoms with van der Waals surface area (Å²) in [6.07, 6.45) is 1.37. The van der Waals surface area contributed by atoms with Gasteiger partial charge in [-0.05, 0) is 57.4 Å². The molecule has 0 aromatic heterocycles. The number of methoxy groups -OCH3 is 2. The van der Waals surface area contributed by atoms with Crippen LogP contribution < -0.4 is 19.1 Å². The van der Waals surface area contributed by atoms with Crippen molar-refractivity contribution in [3.8, 4) is 11.5 Å². The number of carbonyl (C=O) groups is 2. The second kappa shape index (κ2) is 12.3. The van der Waals surface area contributed by atoms with Crippen LogP contribution in [0.2, 0.25) is 0 Å². The first-order valence-corrected chi connectivity index (χ1v) is 13.9. The van der Waals surface area contributed by atoms with Crippen molar-refractivity contribution in [3.63, 3.8) is 0 Å². The van der Waals surface area contributed by atoms with Gasteiger partial charge in [-0.1, -0.05) is 31.2 Å². The highest BCUT2D eigenvalue weighted by Crippen LogP contribution is 2.34. The van der Waals surface area contributed by atoms with Crippen LogP contribution in [-0.4, -0.2) is 63.7 Å². The van der Waals surface area contributed by atoms with E-state index >= 15 is 0 Å². The Morgan fingerprint density at radius 2 is 1.70 bits per heavy atom. The number of amides is 2. The van der Waals surface area contributed by atoms with Gasteiger partial charge in [-0.15, -0.1) is 0 Å². The second-order valence-electron chi connectivity index (χ2n) is 9.92. The molecule has 0 spiro atoms. The number of carbonyl (C=O) groups excluding carboxylic acids is 2. The highest BCUT2D eigenvalue weighted by molar-refractivity contribution is 7.92. The fraction of sp³-hybridized carbons (Fsp3) is 0.481. The molecule has 10 heteroatoms. The Morgan fingerprint density at radius 1 is 1.05 bits per heavy atom. The third-order valence-electron chi connectivity index (χ3n) is 5.82. The molecular formula is C27H39N3O6S. The maximum atomic E-state index is 13.9. The number of nitrogens with one attached hydrogen (secondary N) is 1. The highest BCUT2D eigenvalue weighted by atomic mass is 32.2. The summed E-state index contributed by atoms with van der Waals surface area (Å²) >= 11 is 0. The number of benzene rings is 2. The standard InChI is InChI=1S/C27H39N3O6S/c1-9-22(26(32)28-27(3,4)5)29(17-20-13-11-10-12-19(20)2)25(31)18-30(37(8,33)34)23-16-21(35-6)14-15-24(23)36-7/h10-16,22H,9,17-18H2,1-8H3,(H,28,32). The molecule has 0 aliphatic carbocycles. The van der Waals surface area contributed by atoms with Crippen LogP contribution in [0.25, 0.3) is 0 Å². The summed E-state index contributed by atoms with van der Waals surface area (Å²) in [5.74, 6) is -0.150. The van der Waals surface area contributed by atoms with Crippen LogP contribution in [-0.2, 0) is 26.2 Å². The molecule has 37 heavy (non-hydrogen) atoms. The minimum atomic E-state index is -3.92. The van der Waals surface area contributed by atoms with Gasteiger partial charge < -0.3 is 19.7 Å². The second-order valence-corrected chi connectivity index (χ2v) is 11.8. The largest absolute Gasteiger partial charge is 0.497 e. The molecule has 0 aliphatic rings. The van der Waals surface area contributed by atoms with Crippen molar-refractivity contribution < 1.29 is 27.5 Å². The Hall–Kier alpha value is -3.27. The zero-order valence-corrected chi connectivity index (χ0v) is 23.8. The molecule has 1 N–H and O–H groups in total. The molecule has 0 radical (unpaired) electrons. The minimum Gasteiger partial charge on any atom is -0.497 e. The monoisotopic (exact) mass is 533 g/mol. The molecule has 2 aromatic carbocycles. The number of rotatable bonds is 11. The summed E-state index contributed by atoms with van der Waals surface area (Å²) in [5.41, 5.74) is 1.48. The fourth-order valence-corrected chi connectivity index (χ4v) is 4.77. The van der Waals surface area contributed by atoms with Crippen LogP contribution in [0.5, 0.6) is 11.5 Å². The van der Waals surface area contributed by atoms with Crippen molar-refractivity contribution in [1.82, 2.24) is 10.2 Å². The Kier molecular flexibility index (Phi) is 9.97. The zero-order valence-electron chi connectivity index (χ0n) is 23.0. The van der Waals surface area contributed by atoms with E-state index in [0.29, 0.717) is 12.2 Å². The summed E-state index contributed by atoms with van der Waals surface area (Å²) in [4.78, 5) is 28.6. The molecule has 9 nitrogen and oxygen atoms in total. The van der Waals surface area contributed by atoms with E-state index in [9.17, 15) is 18.0 Å². The summed E-state index contributed by atoms with van der Waals surface area (Å²) in [5, 5.41) is 2.95. The van der Waals surface area contributed by atoms with Crippen molar-refractivity contribution >= 4 is 27.5 Å². The molecule has 1 unspecified atom stereocenters. The Labute approximate surface area is 220 Å². The van der Waals surface area contributed by atoms with E-state index in [0.717, 1.165) is 21.7 Å². The highest BCUT2D eigenvalue weighted by Gasteiger charge is 2.34. The van der Waals surface area contributed by atoms with Crippen LogP contribution in [0.4, 0.5) is 5.69 Å². The van der Waals surface area contributed by atoms with Gasteiger partial charge in [-0.25, -0.2) is 8.42 Å². The molecule has 0 heterocycles. The van der Waals surface area contributed by atoms with Crippen LogP contribution in [0.15, 0.2) is 42.5 Å². The average Bonchev–Trinajstić information content (AvgIpc) is 2.81. The van der Waals surface area contributed by atoms with Crippen molar-refractivity contribution in [2.75, 3.05) is 31.3 Å². The predicted octanol–water partition coefficient (Wildman–Crippen LogP) is 3.50. The van der Waals surface area contributed by atoms with Gasteiger partial charge in [0.25, 0.3) is 0 Å². The zero-order chi connectivity index (χ0) is 28.0. The predicted molar refractivity (Wildman–Crippen MR) is 145 cm³/mol. The first-order valence-electron chi connectivity index (χ1n) is 12.1. The van der Waals surface area contributed by atoms with Crippen LogP contribution in [0.3, 0.4) is 0 Å². The van der Waals surface area contributed by atoms with E-state index in [4.69, 9.17) is 9.47 Å². The van der Waals surface area contributed by atoms with E-state index < -0.39 is 34.1 Å². The van der Waals surface area contributed by atoms with Gasteiger partial charge >= 0.3 is 0 Å². The van der Waals surface area contributed by atoms with Crippen LogP contribution >= 0.6 is 0 Å². The van der Waals surface area contributed by atoms with Gasteiger partial charge in [0.1, 0.15) is 24.1 Å². The maximum Gasteiger partial charge on any atom is 0.244 e. The summed E-state index contributed by atoms with van der Waals surface area (Å²) in [6.45, 7) is 8.98. The Bertz CT molecular complexity index is 1210. The molecule has 0 bridgehead atoms. The quantitative estimate of drug-likeness (QED) is 0.474. The van der Waals surface area contributed by atoms with Gasteiger partial charge in [-0.3, -0.25) is 13.9 Å². The fourth-order valence-electron chi connectivity index (χ4n) is 3.93. The molecule has 0 saturated carbocycles. The molecular weight excluding hydrogens is 494 g/mol. The lowest BCUT2D eigenvalue weighted by Crippen LogP contribution is -2.55. The molecule has 0 aliphatic heterocycles. The first-order chi connectivity index (χ1) is 17.2. The molecule has 2 amide bonds. The number of sulfonamides is 1. The van der Waals surface area contributed by atoms with Crippen LogP contribution in [0.1, 0.15) is 45.2 Å². The number of nitrogens with zero attached hydrogens (tertiary/aromatic N) is 2. The molecule has 204 valence electrons. The number of anilines is 1. The lowest BCUT2D eigenvalue weighted by atomic mass is 10.0. The van der Waals surface area contributed by atoms with E-state index in [1.165, 1.54) is 25.2 Å². The minimum absolute atomic E-state index is 0.147. The lowest BCUT2D eigenvalue weighted by molar-refractivity contribution is -0.141. The number of hydrogen-bond acceptors (Lipinski definition) is 6. The van der Waals surface area contributed by atoms with E-state index in [1.54, 1.807) is 12.1 Å². The SMILES string of the molecule is CCC(C(=O)NC(C)(C)C)N(Cc1ccccc1C)C(=O)CN(c1cc(OC)ccc1OC)S(C)(=O)=O. The van der Waals surface area contributed by atoms with Crippen molar-refractivity contribution in [2.45, 2.75) is 59.2 Å². The number of hydrogen-bond donors (Lipinski definition) is 1. The molecule has 0 saturated heterocycles. The topological polar surface area (TPSA) is 105 Å². The third kappa shape index (κ3) is 8.11. The van der Waals surface area contributed by atoms with Gasteiger partial charge in [-0.2, -0.15) is 0 Å². The molecule has 2 aromatic rings. The van der Waals surface area contributed by atoms with Crippen molar-refractivity contribution in [2.24, 2.45) is 0 Å². The van der Waals surface area contributed by atoms with Crippen molar-refractivity contribution in [3.05, 3.63) is 53.6 Å². The maximum absolute atomic E-state index is 13.9.